The van der Waals surface area contributed by atoms with E-state index in [2.05, 4.69) is 6.58 Å². The minimum absolute atomic E-state index is 0.181. The summed E-state index contributed by atoms with van der Waals surface area (Å²) in [5.74, 6) is -0.181. The van der Waals surface area contributed by atoms with Gasteiger partial charge in [0.25, 0.3) is 0 Å². The third kappa shape index (κ3) is 4.52. The summed E-state index contributed by atoms with van der Waals surface area (Å²) in [5.41, 5.74) is 2.22. The first-order valence-electron chi connectivity index (χ1n) is 6.80. The van der Waals surface area contributed by atoms with E-state index < -0.39 is 0 Å². The van der Waals surface area contributed by atoms with Crippen LogP contribution in [0, 0.1) is 0 Å². The molecule has 0 saturated carbocycles. The number of hydrogen-bond acceptors (Lipinski definition) is 3. The predicted molar refractivity (Wildman–Crippen MR) is 74.5 cm³/mol. The van der Waals surface area contributed by atoms with Crippen molar-refractivity contribution in [1.29, 1.82) is 0 Å². The van der Waals surface area contributed by atoms with Gasteiger partial charge in [0.2, 0.25) is 6.29 Å². The van der Waals surface area contributed by atoms with Crippen LogP contribution >= 0.6 is 0 Å². The van der Waals surface area contributed by atoms with Gasteiger partial charge in [0.05, 0.1) is 6.61 Å². The Morgan fingerprint density at radius 1 is 1.37 bits per heavy atom. The maximum absolute atomic E-state index is 11.7. The number of aryl methyl sites for hydroxylation is 1. The van der Waals surface area contributed by atoms with E-state index in [9.17, 15) is 4.79 Å². The Morgan fingerprint density at radius 3 is 2.79 bits per heavy atom. The molecule has 1 aliphatic rings. The third-order valence-electron chi connectivity index (χ3n) is 3.23. The highest BCUT2D eigenvalue weighted by atomic mass is 16.7. The molecule has 2 rings (SSSR count). The smallest absolute Gasteiger partial charge is 0.308 e. The molecule has 102 valence electrons. The number of ether oxygens (including phenoxy) is 2. The maximum atomic E-state index is 11.7. The van der Waals surface area contributed by atoms with Gasteiger partial charge in [0, 0.05) is 12.8 Å². The Bertz CT molecular complexity index is 416. The third-order valence-corrected chi connectivity index (χ3v) is 3.23. The van der Waals surface area contributed by atoms with Crippen LogP contribution in [0.1, 0.15) is 36.8 Å². The van der Waals surface area contributed by atoms with Gasteiger partial charge in [-0.1, -0.05) is 36.9 Å². The molecule has 1 heterocycles. The second-order valence-electron chi connectivity index (χ2n) is 4.73. The molecule has 0 aliphatic carbocycles. The summed E-state index contributed by atoms with van der Waals surface area (Å²) in [6.07, 6.45) is 5.52. The van der Waals surface area contributed by atoms with Crippen molar-refractivity contribution in [2.75, 3.05) is 6.61 Å². The maximum Gasteiger partial charge on any atom is 0.308 e. The van der Waals surface area contributed by atoms with Crippen LogP contribution in [0.15, 0.2) is 30.8 Å². The molecule has 1 unspecified atom stereocenters. The van der Waals surface area contributed by atoms with Gasteiger partial charge < -0.3 is 9.47 Å². The van der Waals surface area contributed by atoms with Crippen LogP contribution in [0.25, 0.3) is 6.08 Å². The summed E-state index contributed by atoms with van der Waals surface area (Å²) in [4.78, 5) is 11.7. The Morgan fingerprint density at radius 2 is 2.16 bits per heavy atom. The summed E-state index contributed by atoms with van der Waals surface area (Å²) in [6.45, 7) is 4.41. The van der Waals surface area contributed by atoms with E-state index in [-0.39, 0.29) is 12.3 Å². The highest BCUT2D eigenvalue weighted by Gasteiger charge is 2.17. The van der Waals surface area contributed by atoms with Crippen molar-refractivity contribution in [3.05, 3.63) is 42.0 Å². The quantitative estimate of drug-likeness (QED) is 0.762. The zero-order chi connectivity index (χ0) is 13.5. The first kappa shape index (κ1) is 13.8. The van der Waals surface area contributed by atoms with Crippen LogP contribution in [0.4, 0.5) is 0 Å². The lowest BCUT2D eigenvalue weighted by Crippen LogP contribution is -2.25. The summed E-state index contributed by atoms with van der Waals surface area (Å²) in [5, 5.41) is 0. The van der Waals surface area contributed by atoms with Gasteiger partial charge in [-0.15, -0.1) is 0 Å². The van der Waals surface area contributed by atoms with Crippen molar-refractivity contribution in [3.63, 3.8) is 0 Å². The molecule has 0 radical (unpaired) electrons. The minimum atomic E-state index is -0.329. The van der Waals surface area contributed by atoms with E-state index in [1.54, 1.807) is 6.08 Å². The van der Waals surface area contributed by atoms with E-state index in [1.807, 2.05) is 24.3 Å². The molecule has 1 aromatic carbocycles. The van der Waals surface area contributed by atoms with Gasteiger partial charge in [-0.2, -0.15) is 0 Å². The molecule has 3 nitrogen and oxygen atoms in total. The van der Waals surface area contributed by atoms with Crippen LogP contribution in [-0.4, -0.2) is 18.9 Å². The first-order valence-corrected chi connectivity index (χ1v) is 6.80. The van der Waals surface area contributed by atoms with Crippen molar-refractivity contribution in [2.24, 2.45) is 0 Å². The Hall–Kier alpha value is -1.61. The van der Waals surface area contributed by atoms with Crippen molar-refractivity contribution in [1.82, 2.24) is 0 Å². The van der Waals surface area contributed by atoms with Gasteiger partial charge >= 0.3 is 5.97 Å². The molecular formula is C16H20O3. The SMILES string of the molecule is C=Cc1ccc(CCC(=O)OC2CCCCO2)cc1. The summed E-state index contributed by atoms with van der Waals surface area (Å²) >= 11 is 0. The number of hydrogen-bond donors (Lipinski definition) is 0. The van der Waals surface area contributed by atoms with Crippen LogP contribution < -0.4 is 0 Å². The van der Waals surface area contributed by atoms with Gasteiger partial charge in [0.1, 0.15) is 0 Å². The van der Waals surface area contributed by atoms with Crippen molar-refractivity contribution in [2.45, 2.75) is 38.4 Å². The highest BCUT2D eigenvalue weighted by molar-refractivity contribution is 5.69. The molecule has 1 fully saturated rings. The number of esters is 1. The van der Waals surface area contributed by atoms with Gasteiger partial charge in [-0.05, 0) is 30.4 Å². The lowest BCUT2D eigenvalue weighted by atomic mass is 10.1. The number of carbonyl (C=O) groups is 1. The second kappa shape index (κ2) is 7.10. The molecule has 0 amide bonds. The molecule has 1 aromatic rings. The van der Waals surface area contributed by atoms with E-state index in [0.717, 1.165) is 30.4 Å². The summed E-state index contributed by atoms with van der Waals surface area (Å²) in [6, 6.07) is 8.03. The largest absolute Gasteiger partial charge is 0.436 e. The monoisotopic (exact) mass is 260 g/mol. The van der Waals surface area contributed by atoms with Crippen molar-refractivity contribution < 1.29 is 14.3 Å². The lowest BCUT2D eigenvalue weighted by Gasteiger charge is -2.22. The fraction of sp³-hybridized carbons (Fsp3) is 0.438. The van der Waals surface area contributed by atoms with Crippen LogP contribution in [-0.2, 0) is 20.7 Å². The standard InChI is InChI=1S/C16H20O3/c1-2-13-6-8-14(9-7-13)10-11-15(17)19-16-5-3-4-12-18-16/h2,6-9,16H,1,3-5,10-12H2. The molecule has 0 N–H and O–H groups in total. The van der Waals surface area contributed by atoms with Crippen molar-refractivity contribution in [3.8, 4) is 0 Å². The zero-order valence-electron chi connectivity index (χ0n) is 11.1. The Balaban J connectivity index is 1.74. The van der Waals surface area contributed by atoms with E-state index in [0.29, 0.717) is 19.4 Å². The van der Waals surface area contributed by atoms with Crippen LogP contribution in [0.3, 0.4) is 0 Å². The molecule has 1 atom stereocenters. The lowest BCUT2D eigenvalue weighted by molar-refractivity contribution is -0.186. The average molecular weight is 260 g/mol. The second-order valence-corrected chi connectivity index (χ2v) is 4.73. The molecular weight excluding hydrogens is 240 g/mol. The van der Waals surface area contributed by atoms with Crippen molar-refractivity contribution >= 4 is 12.0 Å². The number of benzene rings is 1. The molecule has 3 heteroatoms. The van der Waals surface area contributed by atoms with Gasteiger partial charge in [0.15, 0.2) is 0 Å². The number of carbonyl (C=O) groups excluding carboxylic acids is 1. The normalized spacial score (nSPS) is 18.8. The van der Waals surface area contributed by atoms with E-state index in [4.69, 9.17) is 9.47 Å². The van der Waals surface area contributed by atoms with Gasteiger partial charge in [-0.25, -0.2) is 0 Å². The van der Waals surface area contributed by atoms with E-state index >= 15 is 0 Å². The molecule has 19 heavy (non-hydrogen) atoms. The average Bonchev–Trinajstić information content (AvgIpc) is 2.47. The fourth-order valence-corrected chi connectivity index (χ4v) is 2.08. The summed E-state index contributed by atoms with van der Waals surface area (Å²) < 4.78 is 10.7. The first-order chi connectivity index (χ1) is 9.28. The predicted octanol–water partition coefficient (Wildman–Crippen LogP) is 3.33. The minimum Gasteiger partial charge on any atom is -0.436 e. The van der Waals surface area contributed by atoms with E-state index in [1.165, 1.54) is 0 Å². The van der Waals surface area contributed by atoms with Crippen LogP contribution in [0.5, 0.6) is 0 Å². The van der Waals surface area contributed by atoms with Gasteiger partial charge in [-0.3, -0.25) is 4.79 Å². The molecule has 1 aliphatic heterocycles. The highest BCUT2D eigenvalue weighted by Crippen LogP contribution is 2.15. The molecule has 0 spiro atoms. The number of rotatable bonds is 5. The zero-order valence-corrected chi connectivity index (χ0v) is 11.1. The molecule has 0 aromatic heterocycles. The Labute approximate surface area is 114 Å². The summed E-state index contributed by atoms with van der Waals surface area (Å²) in [7, 11) is 0. The molecule has 1 saturated heterocycles. The topological polar surface area (TPSA) is 35.5 Å². The molecule has 0 bridgehead atoms. The Kier molecular flexibility index (Phi) is 5.16. The van der Waals surface area contributed by atoms with Crippen LogP contribution in [0.2, 0.25) is 0 Å². The fourth-order valence-electron chi connectivity index (χ4n) is 2.08.